The first-order valence-corrected chi connectivity index (χ1v) is 9.79. The molecule has 25 heavy (non-hydrogen) atoms. The van der Waals surface area contributed by atoms with Gasteiger partial charge in [0.05, 0.1) is 0 Å². The summed E-state index contributed by atoms with van der Waals surface area (Å²) in [5.41, 5.74) is 13.4. The van der Waals surface area contributed by atoms with Gasteiger partial charge in [-0.3, -0.25) is 0 Å². The van der Waals surface area contributed by atoms with E-state index >= 15 is 0 Å². The van der Waals surface area contributed by atoms with E-state index in [1.165, 1.54) is 55.2 Å². The monoisotopic (exact) mass is 331 g/mol. The van der Waals surface area contributed by atoms with Crippen LogP contribution in [0.3, 0.4) is 0 Å². The van der Waals surface area contributed by atoms with Crippen LogP contribution in [0, 0.1) is 12.8 Å². The highest BCUT2D eigenvalue weighted by Crippen LogP contribution is 2.36. The summed E-state index contributed by atoms with van der Waals surface area (Å²) in [7, 11) is 0. The Labute approximate surface area is 152 Å². The normalized spacial score (nSPS) is 26.1. The zero-order chi connectivity index (χ0) is 17.2. The topological polar surface area (TPSA) is 26.0 Å². The summed E-state index contributed by atoms with van der Waals surface area (Å²) >= 11 is 0. The summed E-state index contributed by atoms with van der Waals surface area (Å²) in [5, 5.41) is 0. The van der Waals surface area contributed by atoms with Crippen LogP contribution in [0.1, 0.15) is 59.4 Å². The standard InChI is InChI=1S/C24H29N/c1-17-3-2-4-18(13-17)5-6-19-7-8-21-15-22(10-9-20(21)14-19)23-11-12-24(25)16-23/h2-6,9-10,13,15,19,23-24H,7-8,11-12,14,16,25H2,1H3/b6-5+. The minimum absolute atomic E-state index is 0.414. The van der Waals surface area contributed by atoms with Crippen molar-refractivity contribution in [3.8, 4) is 0 Å². The second kappa shape index (κ2) is 7.17. The number of nitrogens with two attached hydrogens (primary N) is 1. The van der Waals surface area contributed by atoms with Crippen molar-refractivity contribution in [2.24, 2.45) is 11.7 Å². The van der Waals surface area contributed by atoms with Crippen LogP contribution < -0.4 is 5.73 Å². The fraction of sp³-hybridized carbons (Fsp3) is 0.417. The third kappa shape index (κ3) is 3.88. The summed E-state index contributed by atoms with van der Waals surface area (Å²) in [6, 6.07) is 16.4. The van der Waals surface area contributed by atoms with Gasteiger partial charge in [0.2, 0.25) is 0 Å². The highest BCUT2D eigenvalue weighted by Gasteiger charge is 2.24. The lowest BCUT2D eigenvalue weighted by Crippen LogP contribution is -2.15. The van der Waals surface area contributed by atoms with Gasteiger partial charge in [0.25, 0.3) is 0 Å². The molecular weight excluding hydrogens is 302 g/mol. The minimum atomic E-state index is 0.414. The average Bonchev–Trinajstić information content (AvgIpc) is 3.06. The first-order chi connectivity index (χ1) is 12.2. The van der Waals surface area contributed by atoms with Crippen LogP contribution in [0.4, 0.5) is 0 Å². The molecular formula is C24H29N. The molecule has 1 fully saturated rings. The highest BCUT2D eigenvalue weighted by molar-refractivity contribution is 5.51. The van der Waals surface area contributed by atoms with Crippen molar-refractivity contribution in [2.45, 2.75) is 57.4 Å². The zero-order valence-electron chi connectivity index (χ0n) is 15.2. The molecule has 0 bridgehead atoms. The van der Waals surface area contributed by atoms with Gasteiger partial charge in [0.1, 0.15) is 0 Å². The Kier molecular flexibility index (Phi) is 4.76. The molecule has 3 atom stereocenters. The van der Waals surface area contributed by atoms with Crippen molar-refractivity contribution < 1.29 is 0 Å². The minimum Gasteiger partial charge on any atom is -0.328 e. The first kappa shape index (κ1) is 16.6. The molecule has 0 radical (unpaired) electrons. The van der Waals surface area contributed by atoms with Crippen molar-refractivity contribution in [1.82, 2.24) is 0 Å². The Bertz CT molecular complexity index is 773. The summed E-state index contributed by atoms with van der Waals surface area (Å²) in [4.78, 5) is 0. The van der Waals surface area contributed by atoms with Crippen molar-refractivity contribution in [3.63, 3.8) is 0 Å². The van der Waals surface area contributed by atoms with Crippen molar-refractivity contribution >= 4 is 6.08 Å². The maximum absolute atomic E-state index is 6.10. The van der Waals surface area contributed by atoms with Gasteiger partial charge < -0.3 is 5.73 Å². The van der Waals surface area contributed by atoms with Gasteiger partial charge >= 0.3 is 0 Å². The van der Waals surface area contributed by atoms with E-state index < -0.39 is 0 Å². The fourth-order valence-corrected chi connectivity index (χ4v) is 4.56. The summed E-state index contributed by atoms with van der Waals surface area (Å²) < 4.78 is 0. The Morgan fingerprint density at radius 2 is 1.92 bits per heavy atom. The van der Waals surface area contributed by atoms with Crippen LogP contribution in [0.25, 0.3) is 6.08 Å². The molecule has 2 aliphatic rings. The molecule has 2 aromatic rings. The maximum Gasteiger partial charge on any atom is 0.00448 e. The van der Waals surface area contributed by atoms with Gasteiger partial charge in [0.15, 0.2) is 0 Å². The molecule has 2 N–H and O–H groups in total. The Morgan fingerprint density at radius 1 is 1.00 bits per heavy atom. The largest absolute Gasteiger partial charge is 0.328 e. The van der Waals surface area contributed by atoms with Crippen LogP contribution in [0.5, 0.6) is 0 Å². The zero-order valence-corrected chi connectivity index (χ0v) is 15.2. The molecule has 1 heteroatoms. The lowest BCUT2D eigenvalue weighted by molar-refractivity contribution is 0.553. The van der Waals surface area contributed by atoms with Crippen molar-refractivity contribution in [1.29, 1.82) is 0 Å². The number of benzene rings is 2. The van der Waals surface area contributed by atoms with Gasteiger partial charge in [-0.15, -0.1) is 0 Å². The van der Waals surface area contributed by atoms with Gasteiger partial charge in [-0.25, -0.2) is 0 Å². The van der Waals surface area contributed by atoms with E-state index in [2.05, 4.69) is 61.5 Å². The molecule has 2 aromatic carbocycles. The molecule has 1 nitrogen and oxygen atoms in total. The molecule has 1 saturated carbocycles. The van der Waals surface area contributed by atoms with Crippen LogP contribution in [-0.2, 0) is 12.8 Å². The first-order valence-electron chi connectivity index (χ1n) is 9.79. The highest BCUT2D eigenvalue weighted by atomic mass is 14.6. The molecule has 0 amide bonds. The Hall–Kier alpha value is -1.86. The number of fused-ring (bicyclic) bond motifs is 1. The number of rotatable bonds is 3. The van der Waals surface area contributed by atoms with E-state index in [0.29, 0.717) is 17.9 Å². The maximum atomic E-state index is 6.10. The molecule has 0 heterocycles. The number of hydrogen-bond donors (Lipinski definition) is 1. The average molecular weight is 332 g/mol. The number of aryl methyl sites for hydroxylation is 2. The van der Waals surface area contributed by atoms with E-state index in [9.17, 15) is 0 Å². The van der Waals surface area contributed by atoms with Gasteiger partial charge in [-0.2, -0.15) is 0 Å². The van der Waals surface area contributed by atoms with Crippen LogP contribution in [0.15, 0.2) is 48.5 Å². The molecule has 4 rings (SSSR count). The van der Waals surface area contributed by atoms with E-state index in [1.807, 2.05) is 0 Å². The van der Waals surface area contributed by atoms with Gasteiger partial charge in [0, 0.05) is 6.04 Å². The van der Waals surface area contributed by atoms with E-state index in [4.69, 9.17) is 5.73 Å². The van der Waals surface area contributed by atoms with Crippen LogP contribution in [0.2, 0.25) is 0 Å². The Morgan fingerprint density at radius 3 is 2.72 bits per heavy atom. The second-order valence-electron chi connectivity index (χ2n) is 8.07. The molecule has 0 aromatic heterocycles. The molecule has 130 valence electrons. The van der Waals surface area contributed by atoms with Gasteiger partial charge in [-0.05, 0) is 79.5 Å². The van der Waals surface area contributed by atoms with Gasteiger partial charge in [-0.1, -0.05) is 60.2 Å². The number of hydrogen-bond acceptors (Lipinski definition) is 1. The van der Waals surface area contributed by atoms with Crippen molar-refractivity contribution in [2.75, 3.05) is 0 Å². The smallest absolute Gasteiger partial charge is 0.00448 e. The van der Waals surface area contributed by atoms with E-state index in [-0.39, 0.29) is 0 Å². The SMILES string of the molecule is Cc1cccc(/C=C/C2CCc3cc(C4CCC(N)C4)ccc3C2)c1. The quantitative estimate of drug-likeness (QED) is 0.800. The fourth-order valence-electron chi connectivity index (χ4n) is 4.56. The van der Waals surface area contributed by atoms with E-state index in [1.54, 1.807) is 11.1 Å². The molecule has 0 saturated heterocycles. The summed E-state index contributed by atoms with van der Waals surface area (Å²) in [6.45, 7) is 2.16. The third-order valence-corrected chi connectivity index (χ3v) is 6.04. The molecule has 3 unspecified atom stereocenters. The second-order valence-corrected chi connectivity index (χ2v) is 8.07. The molecule has 2 aliphatic carbocycles. The van der Waals surface area contributed by atoms with Crippen LogP contribution >= 0.6 is 0 Å². The van der Waals surface area contributed by atoms with Crippen LogP contribution in [-0.4, -0.2) is 6.04 Å². The van der Waals surface area contributed by atoms with Crippen molar-refractivity contribution in [3.05, 3.63) is 76.4 Å². The summed E-state index contributed by atoms with van der Waals surface area (Å²) in [5.74, 6) is 1.36. The predicted molar refractivity (Wildman–Crippen MR) is 107 cm³/mol. The number of allylic oxidation sites excluding steroid dienone is 1. The molecule has 0 spiro atoms. The molecule has 0 aliphatic heterocycles. The summed E-state index contributed by atoms with van der Waals surface area (Å²) in [6.07, 6.45) is 12.0. The third-order valence-electron chi connectivity index (χ3n) is 6.04. The Balaban J connectivity index is 1.45. The lowest BCUT2D eigenvalue weighted by atomic mass is 9.81. The lowest BCUT2D eigenvalue weighted by Gasteiger charge is -2.24. The van der Waals surface area contributed by atoms with E-state index in [0.717, 1.165) is 0 Å². The predicted octanol–water partition coefficient (Wildman–Crippen LogP) is 5.41.